The van der Waals surface area contributed by atoms with Crippen LogP contribution in [0, 0.1) is 0 Å². The van der Waals surface area contributed by atoms with Crippen molar-refractivity contribution in [3.05, 3.63) is 18.6 Å². The van der Waals surface area contributed by atoms with Crippen molar-refractivity contribution in [3.63, 3.8) is 0 Å². The van der Waals surface area contributed by atoms with Crippen molar-refractivity contribution in [1.82, 2.24) is 4.90 Å². The van der Waals surface area contributed by atoms with Crippen molar-refractivity contribution < 1.29 is 0 Å². The number of hydrogen-bond acceptors (Lipinski definition) is 2. The van der Waals surface area contributed by atoms with E-state index < -0.39 is 0 Å². The standard InChI is InChI=1S/C7H10N2/c1-7(2)9-5-3-8-4-6-9/h3,5-7H,1-2H3. The largest absolute Gasteiger partial charge is 0.342 e. The van der Waals surface area contributed by atoms with E-state index in [0.717, 1.165) is 0 Å². The van der Waals surface area contributed by atoms with Crippen molar-refractivity contribution in [2.24, 2.45) is 4.99 Å². The Morgan fingerprint density at radius 3 is 2.67 bits per heavy atom. The molecular weight excluding hydrogens is 112 g/mol. The fraction of sp³-hybridized carbons (Fsp3) is 0.429. The predicted octanol–water partition coefficient (Wildman–Crippen LogP) is 1.36. The second-order valence-electron chi connectivity index (χ2n) is 2.23. The molecule has 0 radical (unpaired) electrons. The highest BCUT2D eigenvalue weighted by Crippen LogP contribution is 2.00. The third-order valence-corrected chi connectivity index (χ3v) is 1.19. The average molecular weight is 122 g/mol. The Hall–Kier alpha value is -1.01. The molecule has 9 heavy (non-hydrogen) atoms. The fourth-order valence-corrected chi connectivity index (χ4v) is 0.618. The van der Waals surface area contributed by atoms with Crippen LogP contribution in [0.25, 0.3) is 0 Å². The summed E-state index contributed by atoms with van der Waals surface area (Å²) in [6.07, 6.45) is 5.51. The molecule has 0 saturated carbocycles. The van der Waals surface area contributed by atoms with Gasteiger partial charge in [0.05, 0.1) is 12.4 Å². The van der Waals surface area contributed by atoms with Crippen molar-refractivity contribution in [1.29, 1.82) is 0 Å². The van der Waals surface area contributed by atoms with Gasteiger partial charge in [0.25, 0.3) is 0 Å². The third kappa shape index (κ3) is 1.44. The van der Waals surface area contributed by atoms with Crippen LogP contribution >= 0.6 is 0 Å². The van der Waals surface area contributed by atoms with Gasteiger partial charge in [-0.3, -0.25) is 0 Å². The van der Waals surface area contributed by atoms with Gasteiger partial charge in [0.1, 0.15) is 0 Å². The summed E-state index contributed by atoms with van der Waals surface area (Å²) >= 11 is 0. The van der Waals surface area contributed by atoms with Crippen LogP contribution in [0.5, 0.6) is 0 Å². The van der Waals surface area contributed by atoms with Gasteiger partial charge in [-0.1, -0.05) is 0 Å². The zero-order valence-electron chi connectivity index (χ0n) is 5.70. The number of nitrogens with zero attached hydrogens (tertiary/aromatic N) is 2. The van der Waals surface area contributed by atoms with Crippen LogP contribution in [0.15, 0.2) is 23.6 Å². The first-order valence-corrected chi connectivity index (χ1v) is 3.03. The smallest absolute Gasteiger partial charge is 0.0665 e. The van der Waals surface area contributed by atoms with E-state index in [0.29, 0.717) is 6.04 Å². The summed E-state index contributed by atoms with van der Waals surface area (Å²) < 4.78 is 0. The van der Waals surface area contributed by atoms with Gasteiger partial charge in [-0.15, -0.1) is 0 Å². The molecular formula is C7H10N2. The summed E-state index contributed by atoms with van der Waals surface area (Å²) in [7, 11) is 0. The Labute approximate surface area is 55.2 Å². The highest BCUT2D eigenvalue weighted by molar-refractivity contribution is 5.53. The van der Waals surface area contributed by atoms with E-state index in [4.69, 9.17) is 0 Å². The molecule has 0 fully saturated rings. The van der Waals surface area contributed by atoms with E-state index in [1.165, 1.54) is 0 Å². The molecule has 0 N–H and O–H groups in total. The molecule has 2 heteroatoms. The van der Waals surface area contributed by atoms with Gasteiger partial charge in [0.15, 0.2) is 0 Å². The molecule has 1 aliphatic heterocycles. The highest BCUT2D eigenvalue weighted by atomic mass is 15.1. The van der Waals surface area contributed by atoms with E-state index in [1.54, 1.807) is 6.20 Å². The average Bonchev–Trinajstić information content (AvgIpc) is 1.90. The second-order valence-corrected chi connectivity index (χ2v) is 2.23. The number of aliphatic imine (C=N–C) groups is 1. The van der Waals surface area contributed by atoms with Gasteiger partial charge in [-0.2, -0.15) is 0 Å². The van der Waals surface area contributed by atoms with Gasteiger partial charge < -0.3 is 4.90 Å². The molecule has 0 bridgehead atoms. The SMILES string of the molecule is CC(C)N1C=C=NC=C1. The molecule has 0 aromatic rings. The summed E-state index contributed by atoms with van der Waals surface area (Å²) in [6, 6.07) is 0.504. The Morgan fingerprint density at radius 1 is 1.56 bits per heavy atom. The molecule has 2 nitrogen and oxygen atoms in total. The Kier molecular flexibility index (Phi) is 1.71. The van der Waals surface area contributed by atoms with E-state index in [2.05, 4.69) is 24.7 Å². The first kappa shape index (κ1) is 6.12. The van der Waals surface area contributed by atoms with Gasteiger partial charge in [0, 0.05) is 18.1 Å². The Balaban J connectivity index is 2.65. The Bertz CT molecular complexity index is 173. The van der Waals surface area contributed by atoms with Crippen LogP contribution in [-0.4, -0.2) is 16.8 Å². The molecule has 0 aromatic heterocycles. The van der Waals surface area contributed by atoms with Crippen molar-refractivity contribution in [3.8, 4) is 0 Å². The third-order valence-electron chi connectivity index (χ3n) is 1.19. The van der Waals surface area contributed by atoms with Crippen molar-refractivity contribution >= 4 is 5.87 Å². The van der Waals surface area contributed by atoms with Gasteiger partial charge >= 0.3 is 0 Å². The molecule has 1 heterocycles. The van der Waals surface area contributed by atoms with Crippen molar-refractivity contribution in [2.45, 2.75) is 19.9 Å². The minimum absolute atomic E-state index is 0.504. The molecule has 0 saturated heterocycles. The summed E-state index contributed by atoms with van der Waals surface area (Å²) in [6.45, 7) is 4.24. The zero-order valence-corrected chi connectivity index (χ0v) is 5.70. The molecule has 48 valence electrons. The fourth-order valence-electron chi connectivity index (χ4n) is 0.618. The van der Waals surface area contributed by atoms with E-state index in [-0.39, 0.29) is 0 Å². The normalized spacial score (nSPS) is 15.7. The molecule has 0 spiro atoms. The lowest BCUT2D eigenvalue weighted by Gasteiger charge is -2.18. The molecule has 1 rings (SSSR count). The van der Waals surface area contributed by atoms with Gasteiger partial charge in [-0.25, -0.2) is 4.99 Å². The minimum atomic E-state index is 0.504. The summed E-state index contributed by atoms with van der Waals surface area (Å²) in [5.74, 6) is 2.76. The van der Waals surface area contributed by atoms with E-state index >= 15 is 0 Å². The zero-order chi connectivity index (χ0) is 6.69. The lowest BCUT2D eigenvalue weighted by Crippen LogP contribution is -2.19. The second kappa shape index (κ2) is 2.51. The number of rotatable bonds is 1. The summed E-state index contributed by atoms with van der Waals surface area (Å²) in [5.41, 5.74) is 0. The lowest BCUT2D eigenvalue weighted by molar-refractivity contribution is 0.418. The summed E-state index contributed by atoms with van der Waals surface area (Å²) in [5, 5.41) is 0. The van der Waals surface area contributed by atoms with Crippen LogP contribution in [0.1, 0.15) is 13.8 Å². The quantitative estimate of drug-likeness (QED) is 0.512. The highest BCUT2D eigenvalue weighted by Gasteiger charge is 1.99. The lowest BCUT2D eigenvalue weighted by atomic mass is 10.3. The monoisotopic (exact) mass is 122 g/mol. The van der Waals surface area contributed by atoms with Crippen LogP contribution < -0.4 is 0 Å². The van der Waals surface area contributed by atoms with E-state index in [1.807, 2.05) is 17.3 Å². The van der Waals surface area contributed by atoms with Crippen LogP contribution in [0.2, 0.25) is 0 Å². The maximum absolute atomic E-state index is 3.78. The maximum atomic E-state index is 3.78. The topological polar surface area (TPSA) is 15.6 Å². The van der Waals surface area contributed by atoms with Crippen LogP contribution in [0.4, 0.5) is 0 Å². The van der Waals surface area contributed by atoms with Gasteiger partial charge in [-0.05, 0) is 13.8 Å². The molecule has 0 unspecified atom stereocenters. The van der Waals surface area contributed by atoms with Gasteiger partial charge in [0.2, 0.25) is 0 Å². The first-order chi connectivity index (χ1) is 4.30. The summed E-state index contributed by atoms with van der Waals surface area (Å²) in [4.78, 5) is 5.83. The van der Waals surface area contributed by atoms with Crippen LogP contribution in [-0.2, 0) is 0 Å². The molecule has 0 amide bonds. The molecule has 1 aliphatic rings. The van der Waals surface area contributed by atoms with E-state index in [9.17, 15) is 0 Å². The molecule has 0 aromatic carbocycles. The van der Waals surface area contributed by atoms with Crippen LogP contribution in [0.3, 0.4) is 0 Å². The first-order valence-electron chi connectivity index (χ1n) is 3.03. The maximum Gasteiger partial charge on any atom is 0.0665 e. The molecule has 0 atom stereocenters. The Morgan fingerprint density at radius 2 is 2.33 bits per heavy atom. The number of hydrogen-bond donors (Lipinski definition) is 0. The molecule has 0 aliphatic carbocycles. The van der Waals surface area contributed by atoms with Crippen molar-refractivity contribution in [2.75, 3.05) is 0 Å². The predicted molar refractivity (Wildman–Crippen MR) is 38.1 cm³/mol. The minimum Gasteiger partial charge on any atom is -0.342 e.